The second-order valence-electron chi connectivity index (χ2n) is 10.6. The molecule has 39 heavy (non-hydrogen) atoms. The van der Waals surface area contributed by atoms with E-state index in [1.807, 2.05) is 42.6 Å². The van der Waals surface area contributed by atoms with Gasteiger partial charge in [-0.3, -0.25) is 14.6 Å². The van der Waals surface area contributed by atoms with Gasteiger partial charge in [-0.25, -0.2) is 4.99 Å². The Labute approximate surface area is 231 Å². The lowest BCUT2D eigenvalue weighted by Gasteiger charge is -2.21. The van der Waals surface area contributed by atoms with Crippen LogP contribution >= 0.6 is 0 Å². The molecule has 0 unspecified atom stereocenters. The van der Waals surface area contributed by atoms with Gasteiger partial charge in [0.05, 0.1) is 0 Å². The highest BCUT2D eigenvalue weighted by molar-refractivity contribution is 5.99. The van der Waals surface area contributed by atoms with Crippen molar-refractivity contribution in [3.05, 3.63) is 71.6 Å². The van der Waals surface area contributed by atoms with E-state index in [2.05, 4.69) is 21.4 Å². The van der Waals surface area contributed by atoms with Crippen LogP contribution in [0, 0.1) is 5.92 Å². The van der Waals surface area contributed by atoms with E-state index in [9.17, 15) is 9.59 Å². The largest absolute Gasteiger partial charge is 0.481 e. The van der Waals surface area contributed by atoms with Crippen molar-refractivity contribution >= 4 is 23.3 Å². The van der Waals surface area contributed by atoms with E-state index in [0.29, 0.717) is 18.9 Å². The molecule has 1 amide bonds. The van der Waals surface area contributed by atoms with Crippen molar-refractivity contribution in [1.82, 2.24) is 10.3 Å². The van der Waals surface area contributed by atoms with Gasteiger partial charge in [-0.15, -0.1) is 0 Å². The summed E-state index contributed by atoms with van der Waals surface area (Å²) in [5, 5.41) is 11.9. The average molecular weight is 532 g/mol. The van der Waals surface area contributed by atoms with E-state index in [0.717, 1.165) is 47.4 Å². The molecule has 2 aromatic rings. The molecule has 1 atom stereocenters. The molecule has 0 saturated heterocycles. The van der Waals surface area contributed by atoms with Gasteiger partial charge < -0.3 is 15.2 Å². The maximum atomic E-state index is 12.7. The number of carboxylic acid groups (broad SMARTS) is 1. The first kappa shape index (κ1) is 28.5. The summed E-state index contributed by atoms with van der Waals surface area (Å²) in [6, 6.07) is 11.4. The molecule has 2 aliphatic rings. The van der Waals surface area contributed by atoms with E-state index in [1.54, 1.807) is 6.20 Å². The Kier molecular flexibility index (Phi) is 11.1. The Morgan fingerprint density at radius 3 is 2.67 bits per heavy atom. The van der Waals surface area contributed by atoms with E-state index < -0.39 is 12.0 Å². The Morgan fingerprint density at radius 2 is 1.87 bits per heavy atom. The summed E-state index contributed by atoms with van der Waals surface area (Å²) in [5.74, 6) is 0.529. The number of nitrogens with one attached hydrogen (secondary N) is 1. The standard InChI is InChI=1S/C32H41N3O4/c36-30(37)18-6-2-5-17-28(27-16-10-19-33-22-27)25-14-9-15-26(21-25)32-35-29(23-39-32)31(38)34-20-8-7-13-24-11-3-1-4-12-24/h9-10,14-17,19,21-22,24,29H,1-8,11-13,18,20,23H2,(H,34,38)(H,36,37)/b28-17+/t29-/m1/s1. The Balaban J connectivity index is 1.34. The van der Waals surface area contributed by atoms with E-state index in [4.69, 9.17) is 9.84 Å². The molecule has 0 radical (unpaired) electrons. The molecule has 4 rings (SSSR count). The first-order chi connectivity index (χ1) is 19.1. The van der Waals surface area contributed by atoms with Gasteiger partial charge in [0.1, 0.15) is 6.61 Å². The number of unbranched alkanes of at least 4 members (excludes halogenated alkanes) is 3. The minimum atomic E-state index is -0.766. The van der Waals surface area contributed by atoms with Crippen molar-refractivity contribution in [2.24, 2.45) is 10.9 Å². The van der Waals surface area contributed by atoms with Crippen LogP contribution in [0.3, 0.4) is 0 Å². The van der Waals surface area contributed by atoms with E-state index in [1.165, 1.54) is 44.9 Å². The van der Waals surface area contributed by atoms with Gasteiger partial charge in [0.15, 0.2) is 6.04 Å². The molecule has 208 valence electrons. The highest BCUT2D eigenvalue weighted by Gasteiger charge is 2.26. The molecule has 1 aromatic heterocycles. The number of hydrogen-bond acceptors (Lipinski definition) is 5. The van der Waals surface area contributed by atoms with Crippen LogP contribution in [0.15, 0.2) is 59.9 Å². The minimum absolute atomic E-state index is 0.0730. The number of aliphatic imine (C=N–C) groups is 1. The number of hydrogen-bond donors (Lipinski definition) is 2. The first-order valence-corrected chi connectivity index (χ1v) is 14.5. The number of carbonyl (C=O) groups is 2. The molecule has 1 aliphatic heterocycles. The molecule has 1 aromatic carbocycles. The molecule has 2 heterocycles. The number of rotatable bonds is 14. The summed E-state index contributed by atoms with van der Waals surface area (Å²) in [7, 11) is 0. The van der Waals surface area contributed by atoms with Gasteiger partial charge in [-0.2, -0.15) is 0 Å². The summed E-state index contributed by atoms with van der Waals surface area (Å²) in [4.78, 5) is 32.4. The number of allylic oxidation sites excluding steroid dienone is 1. The van der Waals surface area contributed by atoms with Crippen LogP contribution in [0.1, 0.15) is 93.7 Å². The van der Waals surface area contributed by atoms with Gasteiger partial charge in [0.25, 0.3) is 0 Å². The number of amides is 1. The van der Waals surface area contributed by atoms with Crippen molar-refractivity contribution in [3.8, 4) is 0 Å². The van der Waals surface area contributed by atoms with Gasteiger partial charge >= 0.3 is 5.97 Å². The van der Waals surface area contributed by atoms with Crippen molar-refractivity contribution < 1.29 is 19.4 Å². The lowest BCUT2D eigenvalue weighted by Crippen LogP contribution is -2.34. The quantitative estimate of drug-likeness (QED) is 0.284. The maximum absolute atomic E-state index is 12.7. The number of benzene rings is 1. The first-order valence-electron chi connectivity index (χ1n) is 14.5. The van der Waals surface area contributed by atoms with Crippen LogP contribution in [0.25, 0.3) is 5.57 Å². The number of nitrogens with zero attached hydrogens (tertiary/aromatic N) is 2. The number of aromatic nitrogens is 1. The topological polar surface area (TPSA) is 101 Å². The zero-order valence-electron chi connectivity index (χ0n) is 22.8. The van der Waals surface area contributed by atoms with E-state index >= 15 is 0 Å². The number of pyridine rings is 1. The molecule has 0 spiro atoms. The number of ether oxygens (including phenoxy) is 1. The third-order valence-electron chi connectivity index (χ3n) is 7.60. The molecule has 1 aliphatic carbocycles. The smallest absolute Gasteiger partial charge is 0.303 e. The fourth-order valence-corrected chi connectivity index (χ4v) is 5.44. The van der Waals surface area contributed by atoms with Crippen LogP contribution in [-0.4, -0.2) is 47.1 Å². The predicted molar refractivity (Wildman–Crippen MR) is 154 cm³/mol. The summed E-state index contributed by atoms with van der Waals surface area (Å²) in [5.41, 5.74) is 3.84. The maximum Gasteiger partial charge on any atom is 0.303 e. The molecule has 7 nitrogen and oxygen atoms in total. The lowest BCUT2D eigenvalue weighted by atomic mass is 9.86. The second-order valence-corrected chi connectivity index (χ2v) is 10.6. The number of aliphatic carboxylic acids is 1. The molecule has 1 fully saturated rings. The van der Waals surface area contributed by atoms with Crippen molar-refractivity contribution in [3.63, 3.8) is 0 Å². The normalized spacial score (nSPS) is 17.9. The molecule has 7 heteroatoms. The zero-order valence-corrected chi connectivity index (χ0v) is 22.8. The van der Waals surface area contributed by atoms with Crippen molar-refractivity contribution in [2.75, 3.05) is 13.2 Å². The third-order valence-corrected chi connectivity index (χ3v) is 7.60. The molecule has 1 saturated carbocycles. The summed E-state index contributed by atoms with van der Waals surface area (Å²) < 4.78 is 5.86. The second kappa shape index (κ2) is 15.2. The fraction of sp³-hybridized carbons (Fsp3) is 0.500. The zero-order chi connectivity index (χ0) is 27.3. The Morgan fingerprint density at radius 1 is 1.03 bits per heavy atom. The van der Waals surface area contributed by atoms with Crippen LogP contribution in [0.4, 0.5) is 0 Å². The number of carbonyl (C=O) groups excluding carboxylic acids is 1. The Hall–Kier alpha value is -3.48. The SMILES string of the molecule is O=C(O)CCCC/C=C(/c1cccnc1)c1cccc(C2=N[C@@H](C(=O)NCCCCC3CCCCC3)CO2)c1. The minimum Gasteiger partial charge on any atom is -0.481 e. The van der Waals surface area contributed by atoms with E-state index in [-0.39, 0.29) is 18.9 Å². The van der Waals surface area contributed by atoms with Crippen LogP contribution < -0.4 is 5.32 Å². The Bertz CT molecular complexity index is 1140. The number of carboxylic acids is 1. The summed E-state index contributed by atoms with van der Waals surface area (Å²) >= 11 is 0. The molecule has 0 bridgehead atoms. The van der Waals surface area contributed by atoms with Crippen molar-refractivity contribution in [1.29, 1.82) is 0 Å². The van der Waals surface area contributed by atoms with Crippen molar-refractivity contribution in [2.45, 2.75) is 83.1 Å². The monoisotopic (exact) mass is 531 g/mol. The lowest BCUT2D eigenvalue weighted by molar-refractivity contribution is -0.137. The third kappa shape index (κ3) is 9.05. The molecular weight excluding hydrogens is 490 g/mol. The average Bonchev–Trinajstić information content (AvgIpc) is 3.46. The van der Waals surface area contributed by atoms with Gasteiger partial charge in [0, 0.05) is 36.5 Å². The van der Waals surface area contributed by atoms with Crippen LogP contribution in [0.2, 0.25) is 0 Å². The van der Waals surface area contributed by atoms with Gasteiger partial charge in [-0.05, 0) is 60.9 Å². The highest BCUT2D eigenvalue weighted by Crippen LogP contribution is 2.28. The molecule has 2 N–H and O–H groups in total. The van der Waals surface area contributed by atoms with Gasteiger partial charge in [0.2, 0.25) is 11.8 Å². The highest BCUT2D eigenvalue weighted by atomic mass is 16.5. The van der Waals surface area contributed by atoms with Crippen LogP contribution in [0.5, 0.6) is 0 Å². The van der Waals surface area contributed by atoms with Crippen LogP contribution in [-0.2, 0) is 14.3 Å². The molecular formula is C32H41N3O4. The fourth-order valence-electron chi connectivity index (χ4n) is 5.44. The predicted octanol–water partition coefficient (Wildman–Crippen LogP) is 6.17. The summed E-state index contributed by atoms with van der Waals surface area (Å²) in [6.45, 7) is 0.941. The summed E-state index contributed by atoms with van der Waals surface area (Å²) in [6.07, 6.45) is 18.4. The van der Waals surface area contributed by atoms with Gasteiger partial charge in [-0.1, -0.05) is 69.2 Å².